The van der Waals surface area contributed by atoms with E-state index in [1.807, 2.05) is 0 Å². The fraction of sp³-hybridized carbons (Fsp3) is 0.647. The van der Waals surface area contributed by atoms with Crippen molar-refractivity contribution in [1.29, 1.82) is 0 Å². The number of ether oxygens (including phenoxy) is 1. The largest absolute Gasteiger partial charge is 0.382 e. The summed E-state index contributed by atoms with van der Waals surface area (Å²) in [5.41, 5.74) is 2.74. The van der Waals surface area contributed by atoms with Crippen LogP contribution in [0.5, 0.6) is 0 Å². The first-order valence-electron chi connectivity index (χ1n) is 7.89. The highest BCUT2D eigenvalue weighted by Gasteiger charge is 2.20. The van der Waals surface area contributed by atoms with Crippen LogP contribution in [0.25, 0.3) is 0 Å². The molecule has 104 valence electrons. The Bertz CT molecular complexity index is 369. The summed E-state index contributed by atoms with van der Waals surface area (Å²) in [6.07, 6.45) is 11.2. The van der Waals surface area contributed by atoms with E-state index in [4.69, 9.17) is 4.74 Å². The highest BCUT2D eigenvalue weighted by atomic mass is 16.5. The van der Waals surface area contributed by atoms with Crippen molar-refractivity contribution in [2.45, 2.75) is 63.6 Å². The number of rotatable bonds is 2. The Morgan fingerprint density at radius 2 is 1.68 bits per heavy atom. The van der Waals surface area contributed by atoms with Crippen LogP contribution in [0.1, 0.15) is 50.5 Å². The maximum absolute atomic E-state index is 6.36. The maximum Gasteiger partial charge on any atom is 0.0754 e. The molecule has 1 unspecified atom stereocenters. The van der Waals surface area contributed by atoms with Crippen molar-refractivity contribution >= 4 is 5.69 Å². The Morgan fingerprint density at radius 3 is 2.53 bits per heavy atom. The van der Waals surface area contributed by atoms with E-state index < -0.39 is 0 Å². The first-order chi connectivity index (χ1) is 9.42. The average Bonchev–Trinajstić information content (AvgIpc) is 2.81. The van der Waals surface area contributed by atoms with Gasteiger partial charge in [0, 0.05) is 12.2 Å². The van der Waals surface area contributed by atoms with E-state index in [0.717, 1.165) is 19.4 Å². The molecule has 1 heterocycles. The van der Waals surface area contributed by atoms with E-state index in [-0.39, 0.29) is 0 Å². The molecule has 1 atom stereocenters. The molecule has 19 heavy (non-hydrogen) atoms. The molecule has 0 saturated heterocycles. The van der Waals surface area contributed by atoms with Crippen molar-refractivity contribution < 1.29 is 4.74 Å². The molecule has 0 bridgehead atoms. The van der Waals surface area contributed by atoms with Crippen LogP contribution in [-0.2, 0) is 11.2 Å². The highest BCUT2D eigenvalue weighted by molar-refractivity contribution is 5.52. The van der Waals surface area contributed by atoms with Gasteiger partial charge in [-0.25, -0.2) is 0 Å². The Morgan fingerprint density at radius 1 is 0.895 bits per heavy atom. The first kappa shape index (κ1) is 13.0. The van der Waals surface area contributed by atoms with Crippen molar-refractivity contribution in [3.63, 3.8) is 0 Å². The number of benzene rings is 1. The zero-order valence-electron chi connectivity index (χ0n) is 11.7. The van der Waals surface area contributed by atoms with Crippen LogP contribution in [0.2, 0.25) is 0 Å². The van der Waals surface area contributed by atoms with Gasteiger partial charge in [-0.15, -0.1) is 0 Å². The lowest BCUT2D eigenvalue weighted by Gasteiger charge is -2.23. The van der Waals surface area contributed by atoms with E-state index in [2.05, 4.69) is 29.6 Å². The third-order valence-corrected chi connectivity index (χ3v) is 4.46. The number of hydrogen-bond donors (Lipinski definition) is 1. The lowest BCUT2D eigenvalue weighted by Crippen LogP contribution is -2.27. The summed E-state index contributed by atoms with van der Waals surface area (Å²) in [5, 5.41) is 3.56. The smallest absolute Gasteiger partial charge is 0.0754 e. The zero-order chi connectivity index (χ0) is 12.9. The van der Waals surface area contributed by atoms with Gasteiger partial charge in [-0.05, 0) is 37.3 Å². The number of para-hydroxylation sites is 1. The fourth-order valence-corrected chi connectivity index (χ4v) is 3.32. The van der Waals surface area contributed by atoms with Crippen molar-refractivity contribution in [2.75, 3.05) is 11.9 Å². The zero-order valence-corrected chi connectivity index (χ0v) is 11.7. The summed E-state index contributed by atoms with van der Waals surface area (Å²) in [5.74, 6) is 0. The molecule has 3 rings (SSSR count). The second kappa shape index (κ2) is 6.42. The molecule has 1 aromatic carbocycles. The quantitative estimate of drug-likeness (QED) is 0.805. The molecular formula is C17H25NO. The van der Waals surface area contributed by atoms with Gasteiger partial charge in [-0.3, -0.25) is 0 Å². The van der Waals surface area contributed by atoms with Crippen molar-refractivity contribution in [2.24, 2.45) is 0 Å². The van der Waals surface area contributed by atoms with E-state index in [0.29, 0.717) is 12.2 Å². The van der Waals surface area contributed by atoms with Crippen LogP contribution in [0.3, 0.4) is 0 Å². The highest BCUT2D eigenvalue weighted by Crippen LogP contribution is 2.25. The number of aryl methyl sites for hydroxylation is 1. The summed E-state index contributed by atoms with van der Waals surface area (Å²) >= 11 is 0. The Hall–Kier alpha value is -1.02. The van der Waals surface area contributed by atoms with Crippen LogP contribution < -0.4 is 5.32 Å². The van der Waals surface area contributed by atoms with Crippen molar-refractivity contribution in [3.05, 3.63) is 29.8 Å². The number of fused-ring (bicyclic) bond motifs is 1. The van der Waals surface area contributed by atoms with Gasteiger partial charge in [-0.2, -0.15) is 0 Å². The van der Waals surface area contributed by atoms with Gasteiger partial charge in [0.2, 0.25) is 0 Å². The third kappa shape index (κ3) is 3.50. The van der Waals surface area contributed by atoms with Gasteiger partial charge < -0.3 is 10.1 Å². The summed E-state index contributed by atoms with van der Waals surface area (Å²) in [4.78, 5) is 0. The van der Waals surface area contributed by atoms with Gasteiger partial charge in [0.1, 0.15) is 0 Å². The summed E-state index contributed by atoms with van der Waals surface area (Å²) in [7, 11) is 0. The molecule has 0 spiro atoms. The minimum atomic E-state index is 0.385. The molecular weight excluding hydrogens is 234 g/mol. The molecule has 0 radical (unpaired) electrons. The topological polar surface area (TPSA) is 21.3 Å². The molecule has 1 aromatic rings. The van der Waals surface area contributed by atoms with Crippen LogP contribution >= 0.6 is 0 Å². The monoisotopic (exact) mass is 259 g/mol. The number of nitrogens with one attached hydrogen (secondary N) is 1. The van der Waals surface area contributed by atoms with E-state index in [1.54, 1.807) is 0 Å². The lowest BCUT2D eigenvalue weighted by atomic mass is 10.1. The number of anilines is 1. The third-order valence-electron chi connectivity index (χ3n) is 4.46. The summed E-state index contributed by atoms with van der Waals surface area (Å²) < 4.78 is 6.36. The second-order valence-corrected chi connectivity index (χ2v) is 5.95. The van der Waals surface area contributed by atoms with Crippen molar-refractivity contribution in [3.8, 4) is 0 Å². The van der Waals surface area contributed by atoms with Crippen LogP contribution in [-0.4, -0.2) is 18.8 Å². The molecule has 2 aliphatic rings. The van der Waals surface area contributed by atoms with E-state index in [1.165, 1.54) is 49.8 Å². The predicted molar refractivity (Wildman–Crippen MR) is 79.6 cm³/mol. The molecule has 0 amide bonds. The average molecular weight is 259 g/mol. The molecule has 1 saturated carbocycles. The Kier molecular flexibility index (Phi) is 4.39. The molecule has 1 aliphatic carbocycles. The van der Waals surface area contributed by atoms with Gasteiger partial charge in [0.15, 0.2) is 0 Å². The van der Waals surface area contributed by atoms with E-state index >= 15 is 0 Å². The summed E-state index contributed by atoms with van der Waals surface area (Å²) in [6.45, 7) is 0.966. The molecule has 1 N–H and O–H groups in total. The number of hydrogen-bond acceptors (Lipinski definition) is 2. The minimum Gasteiger partial charge on any atom is -0.382 e. The van der Waals surface area contributed by atoms with Gasteiger partial charge in [-0.1, -0.05) is 43.9 Å². The molecule has 1 fully saturated rings. The second-order valence-electron chi connectivity index (χ2n) is 5.95. The normalized spacial score (nSPS) is 24.9. The SMILES string of the molecule is c1ccc2c(c1)CCC(OC1CCCCCC1)CN2. The Balaban J connectivity index is 1.56. The van der Waals surface area contributed by atoms with Crippen LogP contribution in [0.4, 0.5) is 5.69 Å². The van der Waals surface area contributed by atoms with Gasteiger partial charge >= 0.3 is 0 Å². The molecule has 0 aromatic heterocycles. The standard InChI is InChI=1S/C17H25NO/c1-2-4-9-15(8-3-1)19-16-12-11-14-7-5-6-10-17(14)18-13-16/h5-7,10,15-16,18H,1-4,8-9,11-13H2. The minimum absolute atomic E-state index is 0.385. The Labute approximate surface area is 116 Å². The van der Waals surface area contributed by atoms with Crippen molar-refractivity contribution in [1.82, 2.24) is 0 Å². The van der Waals surface area contributed by atoms with Crippen LogP contribution in [0, 0.1) is 0 Å². The molecule has 1 aliphatic heterocycles. The molecule has 2 heteroatoms. The summed E-state index contributed by atoms with van der Waals surface area (Å²) in [6, 6.07) is 8.66. The van der Waals surface area contributed by atoms with E-state index in [9.17, 15) is 0 Å². The maximum atomic E-state index is 6.36. The van der Waals surface area contributed by atoms with Gasteiger partial charge in [0.25, 0.3) is 0 Å². The van der Waals surface area contributed by atoms with Gasteiger partial charge in [0.05, 0.1) is 12.2 Å². The first-order valence-corrected chi connectivity index (χ1v) is 7.89. The lowest BCUT2D eigenvalue weighted by molar-refractivity contribution is -0.0153. The molecule has 2 nitrogen and oxygen atoms in total. The predicted octanol–water partition coefficient (Wildman–Crippen LogP) is 4.15. The fourth-order valence-electron chi connectivity index (χ4n) is 3.32. The van der Waals surface area contributed by atoms with Crippen LogP contribution in [0.15, 0.2) is 24.3 Å².